The van der Waals surface area contributed by atoms with Crippen molar-refractivity contribution >= 4 is 11.8 Å². The number of nitrogens with two attached hydrogens (primary N) is 2. The van der Waals surface area contributed by atoms with Crippen molar-refractivity contribution in [1.29, 1.82) is 0 Å². The maximum Gasteiger partial charge on any atom is 0.236 e. The van der Waals surface area contributed by atoms with Crippen LogP contribution in [0.1, 0.15) is 0 Å². The van der Waals surface area contributed by atoms with E-state index in [0.29, 0.717) is 0 Å². The summed E-state index contributed by atoms with van der Waals surface area (Å²) in [6, 6.07) is 0. The second-order valence-electron chi connectivity index (χ2n) is 2.39. The zero-order chi connectivity index (χ0) is 10.8. The van der Waals surface area contributed by atoms with Crippen molar-refractivity contribution < 1.29 is 30.0 Å². The highest BCUT2D eigenvalue weighted by atomic mass is 16.6. The van der Waals surface area contributed by atoms with Gasteiger partial charge in [0.1, 0.15) is 0 Å². The molecule has 0 saturated carbocycles. The van der Waals surface area contributed by atoms with Gasteiger partial charge in [-0.25, -0.2) is 0 Å². The standard InChI is InChI=1S/C5H10N2O6/c6-2(8)1(3(7)9)5(12,13)4(10)11/h1,4,10-13H,(H2,6,8)(H2,7,9). The lowest BCUT2D eigenvalue weighted by Gasteiger charge is -2.27. The first-order valence-corrected chi connectivity index (χ1v) is 3.10. The third-order valence-electron chi connectivity index (χ3n) is 1.37. The molecular weight excluding hydrogens is 184 g/mol. The molecule has 0 aliphatic heterocycles. The van der Waals surface area contributed by atoms with Crippen LogP contribution in [0.2, 0.25) is 0 Å². The molecule has 0 heterocycles. The van der Waals surface area contributed by atoms with Crippen LogP contribution in [0.15, 0.2) is 0 Å². The van der Waals surface area contributed by atoms with Gasteiger partial charge in [-0.15, -0.1) is 0 Å². The normalized spacial score (nSPS) is 12.2. The molecule has 2 amide bonds. The predicted octanol–water partition coefficient (Wildman–Crippen LogP) is -4.44. The third-order valence-corrected chi connectivity index (χ3v) is 1.37. The molecular formula is C5H10N2O6. The summed E-state index contributed by atoms with van der Waals surface area (Å²) in [7, 11) is 0. The number of aliphatic hydroxyl groups is 4. The quantitative estimate of drug-likeness (QED) is 0.195. The molecule has 13 heavy (non-hydrogen) atoms. The molecule has 0 spiro atoms. The van der Waals surface area contributed by atoms with E-state index in [-0.39, 0.29) is 0 Å². The van der Waals surface area contributed by atoms with Gasteiger partial charge in [0.2, 0.25) is 23.9 Å². The fourth-order valence-corrected chi connectivity index (χ4v) is 0.708. The smallest absolute Gasteiger partial charge is 0.236 e. The van der Waals surface area contributed by atoms with E-state index in [1.54, 1.807) is 0 Å². The minimum absolute atomic E-state index is 1.47. The van der Waals surface area contributed by atoms with Gasteiger partial charge in [0.15, 0.2) is 5.92 Å². The highest BCUT2D eigenvalue weighted by Gasteiger charge is 2.48. The first-order valence-electron chi connectivity index (χ1n) is 3.10. The first kappa shape index (κ1) is 11.8. The van der Waals surface area contributed by atoms with E-state index in [1.165, 1.54) is 0 Å². The van der Waals surface area contributed by atoms with E-state index in [1.807, 2.05) is 0 Å². The minimum Gasteiger partial charge on any atom is -0.369 e. The van der Waals surface area contributed by atoms with Gasteiger partial charge in [-0.05, 0) is 0 Å². The van der Waals surface area contributed by atoms with E-state index >= 15 is 0 Å². The van der Waals surface area contributed by atoms with Crippen LogP contribution in [0.3, 0.4) is 0 Å². The Morgan fingerprint density at radius 2 is 1.38 bits per heavy atom. The van der Waals surface area contributed by atoms with Crippen LogP contribution >= 0.6 is 0 Å². The van der Waals surface area contributed by atoms with Gasteiger partial charge in [0.25, 0.3) is 0 Å². The number of hydrogen-bond donors (Lipinski definition) is 6. The van der Waals surface area contributed by atoms with Crippen LogP contribution in [0, 0.1) is 5.92 Å². The van der Waals surface area contributed by atoms with E-state index in [0.717, 1.165) is 0 Å². The molecule has 0 atom stereocenters. The number of amides is 2. The zero-order valence-corrected chi connectivity index (χ0v) is 6.41. The zero-order valence-electron chi connectivity index (χ0n) is 6.41. The second kappa shape index (κ2) is 3.66. The van der Waals surface area contributed by atoms with Gasteiger partial charge < -0.3 is 31.9 Å². The second-order valence-corrected chi connectivity index (χ2v) is 2.39. The van der Waals surface area contributed by atoms with Gasteiger partial charge in [0.05, 0.1) is 0 Å². The number of hydrogen-bond acceptors (Lipinski definition) is 6. The molecule has 8 nitrogen and oxygen atoms in total. The molecule has 0 rings (SSSR count). The van der Waals surface area contributed by atoms with Crippen molar-refractivity contribution in [1.82, 2.24) is 0 Å². The number of primary amides is 2. The average Bonchev–Trinajstić information content (AvgIpc) is 1.82. The van der Waals surface area contributed by atoms with Crippen LogP contribution in [0.25, 0.3) is 0 Å². The molecule has 8 N–H and O–H groups in total. The third kappa shape index (κ3) is 2.36. The van der Waals surface area contributed by atoms with Gasteiger partial charge >= 0.3 is 0 Å². The van der Waals surface area contributed by atoms with E-state index < -0.39 is 29.8 Å². The maximum atomic E-state index is 10.5. The molecule has 0 radical (unpaired) electrons. The van der Waals surface area contributed by atoms with Crippen molar-refractivity contribution in [3.05, 3.63) is 0 Å². The molecule has 8 heteroatoms. The summed E-state index contributed by atoms with van der Waals surface area (Å²) < 4.78 is 0. The number of aliphatic hydroxyl groups excluding tert-OH is 1. The molecule has 0 aromatic heterocycles. The SMILES string of the molecule is NC(=O)C(C(N)=O)C(O)(O)C(O)O. The first-order chi connectivity index (χ1) is 5.71. The Morgan fingerprint density at radius 1 is 1.08 bits per heavy atom. The maximum absolute atomic E-state index is 10.5. The van der Waals surface area contributed by atoms with Crippen molar-refractivity contribution in [3.8, 4) is 0 Å². The molecule has 0 unspecified atom stereocenters. The molecule has 76 valence electrons. The predicted molar refractivity (Wildman–Crippen MR) is 37.3 cm³/mol. The Kier molecular flexibility index (Phi) is 3.32. The molecule has 0 saturated heterocycles. The van der Waals surface area contributed by atoms with Gasteiger partial charge in [0, 0.05) is 0 Å². The van der Waals surface area contributed by atoms with Crippen LogP contribution in [0.5, 0.6) is 0 Å². The minimum atomic E-state index is -3.38. The Labute approximate surface area is 72.4 Å². The van der Waals surface area contributed by atoms with Crippen LogP contribution < -0.4 is 11.5 Å². The largest absolute Gasteiger partial charge is 0.369 e. The molecule has 0 aliphatic carbocycles. The number of carbonyl (C=O) groups is 2. The van der Waals surface area contributed by atoms with Gasteiger partial charge in [-0.1, -0.05) is 0 Å². The summed E-state index contributed by atoms with van der Waals surface area (Å²) in [5.41, 5.74) is 9.16. The molecule has 0 aromatic carbocycles. The van der Waals surface area contributed by atoms with Gasteiger partial charge in [-0.2, -0.15) is 0 Å². The summed E-state index contributed by atoms with van der Waals surface area (Å²) in [5.74, 6) is -8.60. The van der Waals surface area contributed by atoms with Crippen molar-refractivity contribution in [2.24, 2.45) is 17.4 Å². The lowest BCUT2D eigenvalue weighted by molar-refractivity contribution is -0.303. The van der Waals surface area contributed by atoms with Crippen molar-refractivity contribution in [2.75, 3.05) is 0 Å². The van der Waals surface area contributed by atoms with Crippen LogP contribution in [0.4, 0.5) is 0 Å². The Hall–Kier alpha value is -1.22. The van der Waals surface area contributed by atoms with Crippen LogP contribution in [-0.2, 0) is 9.59 Å². The fourth-order valence-electron chi connectivity index (χ4n) is 0.708. The lowest BCUT2D eigenvalue weighted by Crippen LogP contribution is -2.58. The van der Waals surface area contributed by atoms with Crippen molar-refractivity contribution in [2.45, 2.75) is 12.1 Å². The van der Waals surface area contributed by atoms with E-state index in [4.69, 9.17) is 20.4 Å². The summed E-state index contributed by atoms with van der Waals surface area (Å²) >= 11 is 0. The monoisotopic (exact) mass is 194 g/mol. The Morgan fingerprint density at radius 3 is 1.46 bits per heavy atom. The molecule has 0 aromatic rings. The summed E-state index contributed by atoms with van der Waals surface area (Å²) in [6.45, 7) is 0. The highest BCUT2D eigenvalue weighted by Crippen LogP contribution is 2.16. The molecule has 0 fully saturated rings. The molecule has 0 bridgehead atoms. The number of rotatable bonds is 4. The Bertz CT molecular complexity index is 211. The number of carbonyl (C=O) groups excluding carboxylic acids is 2. The highest BCUT2D eigenvalue weighted by molar-refractivity contribution is 5.99. The summed E-state index contributed by atoms with van der Waals surface area (Å²) in [6.07, 6.45) is -2.72. The van der Waals surface area contributed by atoms with E-state index in [2.05, 4.69) is 11.5 Å². The lowest BCUT2D eigenvalue weighted by atomic mass is 9.96. The van der Waals surface area contributed by atoms with Crippen molar-refractivity contribution in [3.63, 3.8) is 0 Å². The topological polar surface area (TPSA) is 167 Å². The summed E-state index contributed by atoms with van der Waals surface area (Å²) in [5, 5.41) is 34.5. The van der Waals surface area contributed by atoms with E-state index in [9.17, 15) is 9.59 Å². The molecule has 0 aliphatic rings. The summed E-state index contributed by atoms with van der Waals surface area (Å²) in [4.78, 5) is 20.9. The van der Waals surface area contributed by atoms with Gasteiger partial charge in [-0.3, -0.25) is 9.59 Å². The van der Waals surface area contributed by atoms with Crippen LogP contribution in [-0.4, -0.2) is 44.3 Å². The Balaban J connectivity index is 4.95. The average molecular weight is 194 g/mol. The fraction of sp³-hybridized carbons (Fsp3) is 0.600.